The van der Waals surface area contributed by atoms with Crippen LogP contribution >= 0.6 is 11.6 Å². The molecule has 2 amide bonds. The Morgan fingerprint density at radius 1 is 1.18 bits per heavy atom. The Labute approximate surface area is 166 Å². The van der Waals surface area contributed by atoms with Crippen LogP contribution in [-0.4, -0.2) is 34.8 Å². The van der Waals surface area contributed by atoms with Crippen molar-refractivity contribution in [3.8, 4) is 0 Å². The van der Waals surface area contributed by atoms with Gasteiger partial charge in [-0.2, -0.15) is 0 Å². The number of H-pyrrole nitrogens is 1. The number of carbonyl (C=O) groups is 2. The van der Waals surface area contributed by atoms with E-state index in [9.17, 15) is 14.0 Å². The number of carbonyl (C=O) groups excluding carboxylic acids is 2. The first kappa shape index (κ1) is 18.5. The molecule has 0 saturated carbocycles. The third-order valence-electron chi connectivity index (χ3n) is 5.07. The minimum absolute atomic E-state index is 0.0436. The van der Waals surface area contributed by atoms with Gasteiger partial charge in [0.15, 0.2) is 0 Å². The zero-order valence-electron chi connectivity index (χ0n) is 15.0. The summed E-state index contributed by atoms with van der Waals surface area (Å²) in [6.45, 7) is 0.968. The van der Waals surface area contributed by atoms with Gasteiger partial charge in [-0.3, -0.25) is 9.59 Å². The molecule has 2 aromatic carbocycles. The fourth-order valence-corrected chi connectivity index (χ4v) is 3.74. The number of hydrogen-bond acceptors (Lipinski definition) is 2. The number of piperidine rings is 1. The lowest BCUT2D eigenvalue weighted by Gasteiger charge is -2.32. The highest BCUT2D eigenvalue weighted by atomic mass is 35.5. The molecule has 4 rings (SSSR count). The van der Waals surface area contributed by atoms with Gasteiger partial charge in [-0.15, -0.1) is 0 Å². The van der Waals surface area contributed by atoms with E-state index in [4.69, 9.17) is 11.6 Å². The quantitative estimate of drug-likeness (QED) is 0.683. The zero-order chi connectivity index (χ0) is 19.7. The molecule has 1 aromatic heterocycles. The second-order valence-corrected chi connectivity index (χ2v) is 7.40. The number of nitrogens with one attached hydrogen (secondary N) is 2. The SMILES string of the molecule is O=C(Nc1ccc(F)c(Cl)c1)C1CCCN(C(=O)c2ccc3cc[nH]c3c2)C1. The molecule has 3 aromatic rings. The average Bonchev–Trinajstić information content (AvgIpc) is 3.18. The van der Waals surface area contributed by atoms with E-state index < -0.39 is 5.82 Å². The van der Waals surface area contributed by atoms with E-state index in [2.05, 4.69) is 10.3 Å². The summed E-state index contributed by atoms with van der Waals surface area (Å²) in [6, 6.07) is 11.6. The van der Waals surface area contributed by atoms with Crippen molar-refractivity contribution in [1.82, 2.24) is 9.88 Å². The van der Waals surface area contributed by atoms with Crippen LogP contribution in [0.1, 0.15) is 23.2 Å². The summed E-state index contributed by atoms with van der Waals surface area (Å²) >= 11 is 5.77. The molecule has 1 aliphatic heterocycles. The minimum Gasteiger partial charge on any atom is -0.361 e. The van der Waals surface area contributed by atoms with Crippen LogP contribution in [-0.2, 0) is 4.79 Å². The number of amides is 2. The number of benzene rings is 2. The summed E-state index contributed by atoms with van der Waals surface area (Å²) in [4.78, 5) is 30.3. The molecular weight excluding hydrogens is 381 g/mol. The van der Waals surface area contributed by atoms with Crippen molar-refractivity contribution in [2.24, 2.45) is 5.92 Å². The van der Waals surface area contributed by atoms with Crippen molar-refractivity contribution in [3.05, 3.63) is 65.1 Å². The van der Waals surface area contributed by atoms with Crippen molar-refractivity contribution in [2.45, 2.75) is 12.8 Å². The van der Waals surface area contributed by atoms with Crippen LogP contribution in [0.2, 0.25) is 5.02 Å². The van der Waals surface area contributed by atoms with Crippen molar-refractivity contribution in [3.63, 3.8) is 0 Å². The molecule has 5 nitrogen and oxygen atoms in total. The maximum Gasteiger partial charge on any atom is 0.253 e. The maximum absolute atomic E-state index is 13.3. The summed E-state index contributed by atoms with van der Waals surface area (Å²) in [5.41, 5.74) is 1.95. The van der Waals surface area contributed by atoms with E-state index in [1.54, 1.807) is 4.90 Å². The number of rotatable bonds is 3. The minimum atomic E-state index is -0.534. The Kier molecular flexibility index (Phi) is 5.05. The normalized spacial score (nSPS) is 16.9. The Morgan fingerprint density at radius 3 is 2.86 bits per heavy atom. The third-order valence-corrected chi connectivity index (χ3v) is 5.36. The van der Waals surface area contributed by atoms with Gasteiger partial charge in [0.05, 0.1) is 10.9 Å². The molecule has 1 fully saturated rings. The standard InChI is InChI=1S/C21H19ClFN3O2/c22-17-11-16(5-6-18(17)23)25-20(27)15-2-1-9-26(12-15)21(28)14-4-3-13-7-8-24-19(13)10-14/h3-8,10-11,15,24H,1-2,9,12H2,(H,25,27). The summed E-state index contributed by atoms with van der Waals surface area (Å²) in [5.74, 6) is -1.14. The van der Waals surface area contributed by atoms with E-state index in [1.807, 2.05) is 30.5 Å². The first-order chi connectivity index (χ1) is 13.5. The average molecular weight is 400 g/mol. The zero-order valence-corrected chi connectivity index (χ0v) is 15.8. The van der Waals surface area contributed by atoms with Gasteiger partial charge < -0.3 is 15.2 Å². The number of fused-ring (bicyclic) bond motifs is 1. The number of nitrogens with zero attached hydrogens (tertiary/aromatic N) is 1. The van der Waals surface area contributed by atoms with Gasteiger partial charge in [0.1, 0.15) is 5.82 Å². The molecule has 2 heterocycles. The topological polar surface area (TPSA) is 65.2 Å². The molecule has 1 atom stereocenters. The van der Waals surface area contributed by atoms with Gasteiger partial charge in [0.2, 0.25) is 5.91 Å². The number of halogens is 2. The molecular formula is C21H19ClFN3O2. The monoisotopic (exact) mass is 399 g/mol. The lowest BCUT2D eigenvalue weighted by atomic mass is 9.96. The molecule has 144 valence electrons. The highest BCUT2D eigenvalue weighted by Crippen LogP contribution is 2.24. The molecule has 2 N–H and O–H groups in total. The molecule has 1 aliphatic rings. The maximum atomic E-state index is 13.3. The van der Waals surface area contributed by atoms with Crippen LogP contribution in [0.5, 0.6) is 0 Å². The van der Waals surface area contributed by atoms with E-state index in [0.717, 1.165) is 17.3 Å². The lowest BCUT2D eigenvalue weighted by Crippen LogP contribution is -2.43. The fourth-order valence-electron chi connectivity index (χ4n) is 3.56. The smallest absolute Gasteiger partial charge is 0.253 e. The number of hydrogen-bond donors (Lipinski definition) is 2. The van der Waals surface area contributed by atoms with Crippen LogP contribution in [0.15, 0.2) is 48.7 Å². The molecule has 0 radical (unpaired) electrons. The van der Waals surface area contributed by atoms with Gasteiger partial charge in [-0.1, -0.05) is 17.7 Å². The molecule has 0 spiro atoms. The van der Waals surface area contributed by atoms with Gasteiger partial charge in [0, 0.05) is 36.1 Å². The Hall–Kier alpha value is -2.86. The highest BCUT2D eigenvalue weighted by Gasteiger charge is 2.29. The van der Waals surface area contributed by atoms with Crippen molar-refractivity contribution in [2.75, 3.05) is 18.4 Å². The van der Waals surface area contributed by atoms with Gasteiger partial charge in [-0.25, -0.2) is 4.39 Å². The van der Waals surface area contributed by atoms with E-state index in [0.29, 0.717) is 30.8 Å². The Morgan fingerprint density at radius 2 is 2.04 bits per heavy atom. The predicted octanol–water partition coefficient (Wildman–Crippen LogP) is 4.45. The summed E-state index contributed by atoms with van der Waals surface area (Å²) < 4.78 is 13.3. The van der Waals surface area contributed by atoms with E-state index in [1.165, 1.54) is 18.2 Å². The van der Waals surface area contributed by atoms with Crippen LogP contribution in [0, 0.1) is 11.7 Å². The molecule has 1 saturated heterocycles. The molecule has 28 heavy (non-hydrogen) atoms. The summed E-state index contributed by atoms with van der Waals surface area (Å²) in [5, 5.41) is 3.77. The van der Waals surface area contributed by atoms with Crippen LogP contribution in [0.4, 0.5) is 10.1 Å². The van der Waals surface area contributed by atoms with E-state index in [-0.39, 0.29) is 22.8 Å². The van der Waals surface area contributed by atoms with Crippen LogP contribution in [0.3, 0.4) is 0 Å². The third kappa shape index (κ3) is 3.73. The van der Waals surface area contributed by atoms with Crippen molar-refractivity contribution < 1.29 is 14.0 Å². The first-order valence-electron chi connectivity index (χ1n) is 9.13. The second kappa shape index (κ2) is 7.64. The number of anilines is 1. The van der Waals surface area contributed by atoms with Crippen LogP contribution in [0.25, 0.3) is 10.9 Å². The molecule has 7 heteroatoms. The van der Waals surface area contributed by atoms with Crippen molar-refractivity contribution >= 4 is 40.0 Å². The van der Waals surface area contributed by atoms with Gasteiger partial charge in [-0.05, 0) is 54.6 Å². The summed E-state index contributed by atoms with van der Waals surface area (Å²) in [6.07, 6.45) is 3.28. The first-order valence-corrected chi connectivity index (χ1v) is 9.51. The highest BCUT2D eigenvalue weighted by molar-refractivity contribution is 6.31. The number of likely N-dealkylation sites (tertiary alicyclic amines) is 1. The number of aromatic nitrogens is 1. The lowest BCUT2D eigenvalue weighted by molar-refractivity contribution is -0.121. The summed E-state index contributed by atoms with van der Waals surface area (Å²) in [7, 11) is 0. The van der Waals surface area contributed by atoms with Crippen LogP contribution < -0.4 is 5.32 Å². The molecule has 1 unspecified atom stereocenters. The predicted molar refractivity (Wildman–Crippen MR) is 107 cm³/mol. The molecule has 0 bridgehead atoms. The Bertz CT molecular complexity index is 1050. The van der Waals surface area contributed by atoms with Gasteiger partial charge >= 0.3 is 0 Å². The van der Waals surface area contributed by atoms with Gasteiger partial charge in [0.25, 0.3) is 5.91 Å². The van der Waals surface area contributed by atoms with Crippen molar-refractivity contribution in [1.29, 1.82) is 0 Å². The fraction of sp³-hybridized carbons (Fsp3) is 0.238. The Balaban J connectivity index is 1.44. The second-order valence-electron chi connectivity index (χ2n) is 6.99. The molecule has 0 aliphatic carbocycles. The van der Waals surface area contributed by atoms with E-state index >= 15 is 0 Å². The number of aromatic amines is 1. The largest absolute Gasteiger partial charge is 0.361 e.